The minimum absolute atomic E-state index is 0.0418. The molecule has 0 aliphatic carbocycles. The van der Waals surface area contributed by atoms with Gasteiger partial charge in [-0.2, -0.15) is 5.11 Å². The van der Waals surface area contributed by atoms with Crippen LogP contribution in [0.2, 0.25) is 0 Å². The fourth-order valence-electron chi connectivity index (χ4n) is 2.59. The van der Waals surface area contributed by atoms with Gasteiger partial charge in [-0.15, -0.1) is 5.11 Å². The highest BCUT2D eigenvalue weighted by molar-refractivity contribution is 5.95. The summed E-state index contributed by atoms with van der Waals surface area (Å²) in [6.07, 6.45) is 0.846. The molecule has 1 atom stereocenters. The molecule has 25 heavy (non-hydrogen) atoms. The van der Waals surface area contributed by atoms with Crippen LogP contribution in [0.3, 0.4) is 0 Å². The Morgan fingerprint density at radius 3 is 2.44 bits per heavy atom. The summed E-state index contributed by atoms with van der Waals surface area (Å²) in [4.78, 5) is 0. The fourth-order valence-corrected chi connectivity index (χ4v) is 2.59. The number of aromatic hydroxyl groups is 1. The number of azo groups is 1. The highest BCUT2D eigenvalue weighted by Gasteiger charge is 2.06. The maximum Gasteiger partial charge on any atom is 0.143 e. The van der Waals surface area contributed by atoms with Gasteiger partial charge in [-0.05, 0) is 42.1 Å². The fraction of sp³-hybridized carbons (Fsp3) is 0.200. The van der Waals surface area contributed by atoms with Gasteiger partial charge >= 0.3 is 0 Å². The van der Waals surface area contributed by atoms with Crippen LogP contribution in [0, 0.1) is 0 Å². The van der Waals surface area contributed by atoms with Crippen LogP contribution in [-0.2, 0) is 0 Å². The predicted molar refractivity (Wildman–Crippen MR) is 101 cm³/mol. The van der Waals surface area contributed by atoms with E-state index in [1.165, 1.54) is 0 Å². The zero-order valence-corrected chi connectivity index (χ0v) is 14.1. The number of hydrogen-bond donors (Lipinski definition) is 3. The molecular weight excluding hydrogens is 314 g/mol. The third-order valence-electron chi connectivity index (χ3n) is 4.10. The van der Waals surface area contributed by atoms with Gasteiger partial charge in [-0.3, -0.25) is 0 Å². The quantitative estimate of drug-likeness (QED) is 0.546. The molecule has 1 unspecified atom stereocenters. The molecule has 3 N–H and O–H groups in total. The van der Waals surface area contributed by atoms with Crippen LogP contribution in [0.4, 0.5) is 17.1 Å². The van der Waals surface area contributed by atoms with Gasteiger partial charge in [0.25, 0.3) is 0 Å². The topological polar surface area (TPSA) is 77.2 Å². The first-order valence-electron chi connectivity index (χ1n) is 8.31. The number of aliphatic hydroxyl groups excluding tert-OH is 1. The monoisotopic (exact) mass is 335 g/mol. The molecule has 0 spiro atoms. The van der Waals surface area contributed by atoms with Gasteiger partial charge < -0.3 is 15.5 Å². The molecular formula is C20H21N3O2. The van der Waals surface area contributed by atoms with Crippen LogP contribution in [0.1, 0.15) is 13.3 Å². The van der Waals surface area contributed by atoms with Crippen molar-refractivity contribution in [2.75, 3.05) is 11.9 Å². The van der Waals surface area contributed by atoms with Crippen molar-refractivity contribution in [3.8, 4) is 5.75 Å². The highest BCUT2D eigenvalue weighted by atomic mass is 16.3. The van der Waals surface area contributed by atoms with E-state index in [0.717, 1.165) is 22.9 Å². The van der Waals surface area contributed by atoms with Crippen molar-refractivity contribution in [1.82, 2.24) is 0 Å². The van der Waals surface area contributed by atoms with E-state index in [1.54, 1.807) is 6.07 Å². The van der Waals surface area contributed by atoms with Crippen molar-refractivity contribution >= 4 is 27.8 Å². The van der Waals surface area contributed by atoms with Crippen molar-refractivity contribution in [1.29, 1.82) is 0 Å². The maximum absolute atomic E-state index is 10.1. The van der Waals surface area contributed by atoms with Gasteiger partial charge in [-0.1, -0.05) is 37.3 Å². The van der Waals surface area contributed by atoms with Crippen LogP contribution >= 0.6 is 0 Å². The first-order valence-corrected chi connectivity index (χ1v) is 8.31. The lowest BCUT2D eigenvalue weighted by atomic mass is 10.1. The summed E-state index contributed by atoms with van der Waals surface area (Å²) in [7, 11) is 0. The average molecular weight is 335 g/mol. The van der Waals surface area contributed by atoms with Gasteiger partial charge in [0.05, 0.1) is 12.3 Å². The van der Waals surface area contributed by atoms with Crippen molar-refractivity contribution in [3.63, 3.8) is 0 Å². The first kappa shape index (κ1) is 16.9. The normalized spacial score (nSPS) is 12.6. The zero-order chi connectivity index (χ0) is 17.6. The molecule has 0 saturated carbocycles. The minimum atomic E-state index is 0.0418. The Balaban J connectivity index is 1.82. The number of phenolic OH excluding ortho intramolecular Hbond substituents is 1. The highest BCUT2D eigenvalue weighted by Crippen LogP contribution is 2.36. The van der Waals surface area contributed by atoms with E-state index in [4.69, 9.17) is 0 Å². The van der Waals surface area contributed by atoms with Crippen LogP contribution in [0.15, 0.2) is 70.9 Å². The Hall–Kier alpha value is -2.92. The number of phenols is 1. The number of fused-ring (bicyclic) bond motifs is 1. The van der Waals surface area contributed by atoms with Crippen molar-refractivity contribution < 1.29 is 10.2 Å². The SMILES string of the molecule is CCC(CO)Nc1ccc(N=Nc2c(O)ccc3ccccc23)cc1. The molecule has 0 bridgehead atoms. The molecule has 3 aromatic carbocycles. The van der Waals surface area contributed by atoms with E-state index >= 15 is 0 Å². The van der Waals surface area contributed by atoms with E-state index in [9.17, 15) is 10.2 Å². The second kappa shape index (κ2) is 7.77. The summed E-state index contributed by atoms with van der Waals surface area (Å²) in [5.41, 5.74) is 2.08. The number of aliphatic hydroxyl groups is 1. The molecule has 3 aromatic rings. The van der Waals surface area contributed by atoms with Crippen LogP contribution < -0.4 is 5.32 Å². The number of benzene rings is 3. The summed E-state index contributed by atoms with van der Waals surface area (Å²) in [6.45, 7) is 2.12. The zero-order valence-electron chi connectivity index (χ0n) is 14.1. The van der Waals surface area contributed by atoms with E-state index < -0.39 is 0 Å². The number of rotatable bonds is 6. The third-order valence-corrected chi connectivity index (χ3v) is 4.10. The molecule has 0 fully saturated rings. The van der Waals surface area contributed by atoms with Crippen molar-refractivity contribution in [3.05, 3.63) is 60.7 Å². The Kier molecular flexibility index (Phi) is 5.26. The van der Waals surface area contributed by atoms with E-state index in [0.29, 0.717) is 11.4 Å². The number of nitrogens with one attached hydrogen (secondary N) is 1. The van der Waals surface area contributed by atoms with Gasteiger partial charge in [0.15, 0.2) is 0 Å². The Morgan fingerprint density at radius 2 is 1.72 bits per heavy atom. The molecule has 3 rings (SSSR count). The molecule has 0 saturated heterocycles. The second-order valence-corrected chi connectivity index (χ2v) is 5.83. The Labute approximate surface area is 146 Å². The van der Waals surface area contributed by atoms with Gasteiger partial charge in [0, 0.05) is 17.1 Å². The molecule has 5 heteroatoms. The third kappa shape index (κ3) is 3.95. The molecule has 0 aromatic heterocycles. The van der Waals surface area contributed by atoms with E-state index in [2.05, 4.69) is 15.5 Å². The van der Waals surface area contributed by atoms with Gasteiger partial charge in [-0.25, -0.2) is 0 Å². The summed E-state index contributed by atoms with van der Waals surface area (Å²) >= 11 is 0. The van der Waals surface area contributed by atoms with Gasteiger partial charge in [0.2, 0.25) is 0 Å². The standard InChI is InChI=1S/C20H21N3O2/c1-2-15(13-24)21-16-8-10-17(11-9-16)22-23-20-18-6-4-3-5-14(18)7-12-19(20)25/h3-12,15,21,24-25H,2,13H2,1H3. The van der Waals surface area contributed by atoms with Crippen LogP contribution in [0.25, 0.3) is 10.8 Å². The molecule has 0 aliphatic heterocycles. The van der Waals surface area contributed by atoms with Gasteiger partial charge in [0.1, 0.15) is 11.4 Å². The number of anilines is 1. The molecule has 0 radical (unpaired) electrons. The summed E-state index contributed by atoms with van der Waals surface area (Å²) in [5.74, 6) is 0.106. The van der Waals surface area contributed by atoms with Crippen molar-refractivity contribution in [2.24, 2.45) is 10.2 Å². The number of hydrogen-bond acceptors (Lipinski definition) is 5. The van der Waals surface area contributed by atoms with Crippen LogP contribution in [-0.4, -0.2) is 22.9 Å². The summed E-state index contributed by atoms with van der Waals surface area (Å²) in [6, 6.07) is 18.8. The molecule has 0 heterocycles. The smallest absolute Gasteiger partial charge is 0.143 e. The average Bonchev–Trinajstić information content (AvgIpc) is 2.66. The minimum Gasteiger partial charge on any atom is -0.506 e. The largest absolute Gasteiger partial charge is 0.506 e. The predicted octanol–water partition coefficient (Wildman–Crippen LogP) is 5.14. The maximum atomic E-state index is 10.1. The lowest BCUT2D eigenvalue weighted by molar-refractivity contribution is 0.272. The lowest BCUT2D eigenvalue weighted by Gasteiger charge is -2.15. The second-order valence-electron chi connectivity index (χ2n) is 5.83. The summed E-state index contributed by atoms with van der Waals surface area (Å²) < 4.78 is 0. The van der Waals surface area contributed by atoms with Crippen molar-refractivity contribution in [2.45, 2.75) is 19.4 Å². The Bertz CT molecular complexity index is 872. The lowest BCUT2D eigenvalue weighted by Crippen LogP contribution is -2.22. The van der Waals surface area contributed by atoms with E-state index in [-0.39, 0.29) is 18.4 Å². The molecule has 128 valence electrons. The number of nitrogens with zero attached hydrogens (tertiary/aromatic N) is 2. The first-order chi connectivity index (χ1) is 12.2. The van der Waals surface area contributed by atoms with Crippen LogP contribution in [0.5, 0.6) is 5.75 Å². The molecule has 5 nitrogen and oxygen atoms in total. The summed E-state index contributed by atoms with van der Waals surface area (Å²) in [5, 5.41) is 32.9. The van der Waals surface area contributed by atoms with E-state index in [1.807, 2.05) is 61.5 Å². The molecule has 0 amide bonds. The Morgan fingerprint density at radius 1 is 0.960 bits per heavy atom. The molecule has 0 aliphatic rings.